The summed E-state index contributed by atoms with van der Waals surface area (Å²) in [5.74, 6) is -0.164. The Balaban J connectivity index is 1.88. The fourth-order valence-electron chi connectivity index (χ4n) is 3.42. The van der Waals surface area contributed by atoms with E-state index < -0.39 is 11.9 Å². The van der Waals surface area contributed by atoms with Crippen molar-refractivity contribution in [3.63, 3.8) is 0 Å². The van der Waals surface area contributed by atoms with E-state index in [2.05, 4.69) is 10.1 Å². The number of rotatable bonds is 2. The molecule has 6 nitrogen and oxygen atoms in total. The van der Waals surface area contributed by atoms with Crippen LogP contribution in [0.3, 0.4) is 0 Å². The third-order valence-electron chi connectivity index (χ3n) is 4.83. The van der Waals surface area contributed by atoms with Gasteiger partial charge in [-0.05, 0) is 44.4 Å². The van der Waals surface area contributed by atoms with Gasteiger partial charge in [0.25, 0.3) is 5.91 Å². The van der Waals surface area contributed by atoms with E-state index in [4.69, 9.17) is 4.42 Å². The van der Waals surface area contributed by atoms with E-state index in [0.29, 0.717) is 11.1 Å². The van der Waals surface area contributed by atoms with Crippen molar-refractivity contribution in [1.82, 2.24) is 19.5 Å². The maximum Gasteiger partial charge on any atom is 0.433 e. The minimum absolute atomic E-state index is 0.000989. The minimum atomic E-state index is -4.66. The second kappa shape index (κ2) is 6.40. The van der Waals surface area contributed by atoms with Crippen molar-refractivity contribution in [2.45, 2.75) is 38.4 Å². The van der Waals surface area contributed by atoms with Crippen LogP contribution in [0, 0.1) is 0 Å². The number of aromatic nitrogens is 3. The molecule has 9 heteroatoms. The Morgan fingerprint density at radius 2 is 2.15 bits per heavy atom. The summed E-state index contributed by atoms with van der Waals surface area (Å²) < 4.78 is 46.5. The molecular weight excluding hydrogens is 361 g/mol. The number of nitrogens with zero attached hydrogens (tertiary/aromatic N) is 4. The second-order valence-corrected chi connectivity index (χ2v) is 6.64. The molecule has 4 rings (SSSR count). The van der Waals surface area contributed by atoms with Crippen LogP contribution in [0.4, 0.5) is 13.2 Å². The van der Waals surface area contributed by atoms with Gasteiger partial charge in [0.2, 0.25) is 0 Å². The molecule has 142 valence electrons. The summed E-state index contributed by atoms with van der Waals surface area (Å²) in [6.45, 7) is 2.51. The van der Waals surface area contributed by atoms with E-state index in [0.717, 1.165) is 31.5 Å². The smallest absolute Gasteiger partial charge is 0.433 e. The first-order valence-electron chi connectivity index (χ1n) is 8.67. The maximum atomic E-state index is 13.6. The van der Waals surface area contributed by atoms with Crippen LogP contribution >= 0.6 is 0 Å². The number of hydrogen-bond acceptors (Lipinski definition) is 4. The molecule has 0 saturated carbocycles. The van der Waals surface area contributed by atoms with Gasteiger partial charge in [-0.1, -0.05) is 0 Å². The predicted molar refractivity (Wildman–Crippen MR) is 90.0 cm³/mol. The van der Waals surface area contributed by atoms with Crippen LogP contribution in [0.1, 0.15) is 42.2 Å². The van der Waals surface area contributed by atoms with Crippen molar-refractivity contribution in [1.29, 1.82) is 0 Å². The predicted octanol–water partition coefficient (Wildman–Crippen LogP) is 4.02. The Morgan fingerprint density at radius 3 is 2.81 bits per heavy atom. The van der Waals surface area contributed by atoms with Crippen molar-refractivity contribution in [2.75, 3.05) is 6.54 Å². The molecule has 0 unspecified atom stereocenters. The summed E-state index contributed by atoms with van der Waals surface area (Å²) in [5.41, 5.74) is -1.08. The molecule has 0 radical (unpaired) electrons. The molecule has 1 atom stereocenters. The highest BCUT2D eigenvalue weighted by Crippen LogP contribution is 2.33. The Morgan fingerprint density at radius 1 is 1.33 bits per heavy atom. The van der Waals surface area contributed by atoms with Crippen molar-refractivity contribution < 1.29 is 22.4 Å². The molecule has 0 aliphatic carbocycles. The van der Waals surface area contributed by atoms with Crippen LogP contribution in [-0.2, 0) is 6.18 Å². The van der Waals surface area contributed by atoms with Crippen molar-refractivity contribution in [3.8, 4) is 11.5 Å². The number of furan rings is 1. The number of hydrogen-bond donors (Lipinski definition) is 0. The number of alkyl halides is 3. The second-order valence-electron chi connectivity index (χ2n) is 6.64. The zero-order chi connectivity index (χ0) is 19.2. The molecule has 3 aromatic heterocycles. The summed E-state index contributed by atoms with van der Waals surface area (Å²) >= 11 is 0. The monoisotopic (exact) mass is 378 g/mol. The minimum Gasteiger partial charge on any atom is -0.463 e. The van der Waals surface area contributed by atoms with Gasteiger partial charge >= 0.3 is 6.18 Å². The molecule has 0 N–H and O–H groups in total. The largest absolute Gasteiger partial charge is 0.463 e. The van der Waals surface area contributed by atoms with E-state index in [1.807, 2.05) is 6.92 Å². The summed E-state index contributed by atoms with van der Waals surface area (Å²) in [6, 6.07) is 3.98. The van der Waals surface area contributed by atoms with Gasteiger partial charge in [0.15, 0.2) is 17.1 Å². The van der Waals surface area contributed by atoms with Gasteiger partial charge in [0.1, 0.15) is 11.3 Å². The standard InChI is InChI=1S/C18H17F3N4O2/c1-11-5-2-3-7-24(11)17(26)12-10-22-25-15(18(19,20)21)9-13(23-16(12)25)14-6-4-8-27-14/h4,6,8-11H,2-3,5,7H2,1H3/t11-/m1/s1. The number of halogens is 3. The van der Waals surface area contributed by atoms with Crippen molar-refractivity contribution in [3.05, 3.63) is 41.9 Å². The summed E-state index contributed by atoms with van der Waals surface area (Å²) in [7, 11) is 0. The fourth-order valence-corrected chi connectivity index (χ4v) is 3.42. The third kappa shape index (κ3) is 3.07. The van der Waals surface area contributed by atoms with Crippen LogP contribution < -0.4 is 0 Å². The quantitative estimate of drug-likeness (QED) is 0.676. The number of fused-ring (bicyclic) bond motifs is 1. The number of likely N-dealkylation sites (tertiary alicyclic amines) is 1. The zero-order valence-corrected chi connectivity index (χ0v) is 14.5. The third-order valence-corrected chi connectivity index (χ3v) is 4.83. The zero-order valence-electron chi connectivity index (χ0n) is 14.5. The Kier molecular flexibility index (Phi) is 4.16. The summed E-state index contributed by atoms with van der Waals surface area (Å²) in [4.78, 5) is 18.9. The molecule has 4 heterocycles. The molecule has 0 spiro atoms. The van der Waals surface area contributed by atoms with Gasteiger partial charge in [-0.25, -0.2) is 9.50 Å². The van der Waals surface area contributed by atoms with Crippen molar-refractivity contribution >= 4 is 11.6 Å². The molecule has 1 aliphatic rings. The van der Waals surface area contributed by atoms with Crippen LogP contribution in [-0.4, -0.2) is 38.0 Å². The molecule has 1 amide bonds. The highest BCUT2D eigenvalue weighted by atomic mass is 19.4. The first kappa shape index (κ1) is 17.6. The van der Waals surface area contributed by atoms with Gasteiger partial charge in [-0.15, -0.1) is 0 Å². The molecule has 3 aromatic rings. The van der Waals surface area contributed by atoms with Crippen LogP contribution in [0.5, 0.6) is 0 Å². The molecule has 0 aromatic carbocycles. The van der Waals surface area contributed by atoms with E-state index in [1.165, 1.54) is 12.3 Å². The maximum absolute atomic E-state index is 13.6. The van der Waals surface area contributed by atoms with E-state index in [1.54, 1.807) is 11.0 Å². The van der Waals surface area contributed by atoms with Crippen LogP contribution in [0.15, 0.2) is 35.1 Å². The number of piperidine rings is 1. The Hall–Kier alpha value is -2.84. The SMILES string of the molecule is C[C@@H]1CCCCN1C(=O)c1cnn2c(C(F)(F)F)cc(-c3ccco3)nc12. The normalized spacial score (nSPS) is 18.2. The van der Waals surface area contributed by atoms with Gasteiger partial charge in [0.05, 0.1) is 12.5 Å². The lowest BCUT2D eigenvalue weighted by Crippen LogP contribution is -2.42. The molecule has 1 fully saturated rings. The number of carbonyl (C=O) groups is 1. The van der Waals surface area contributed by atoms with Gasteiger partial charge in [-0.2, -0.15) is 18.3 Å². The first-order chi connectivity index (χ1) is 12.9. The van der Waals surface area contributed by atoms with Gasteiger partial charge in [0, 0.05) is 12.6 Å². The summed E-state index contributed by atoms with van der Waals surface area (Å²) in [5, 5.41) is 3.80. The molecular formula is C18H17F3N4O2. The Labute approximate surface area is 152 Å². The number of carbonyl (C=O) groups excluding carboxylic acids is 1. The molecule has 1 aliphatic heterocycles. The van der Waals surface area contributed by atoms with Gasteiger partial charge in [-0.3, -0.25) is 4.79 Å². The topological polar surface area (TPSA) is 63.6 Å². The average molecular weight is 378 g/mol. The summed E-state index contributed by atoms with van der Waals surface area (Å²) in [6.07, 6.45) is 0.615. The van der Waals surface area contributed by atoms with Crippen molar-refractivity contribution in [2.24, 2.45) is 0 Å². The fraction of sp³-hybridized carbons (Fsp3) is 0.389. The van der Waals surface area contributed by atoms with Gasteiger partial charge < -0.3 is 9.32 Å². The molecule has 0 bridgehead atoms. The highest BCUT2D eigenvalue weighted by Gasteiger charge is 2.37. The van der Waals surface area contributed by atoms with Crippen LogP contribution in [0.25, 0.3) is 17.1 Å². The van der Waals surface area contributed by atoms with E-state index >= 15 is 0 Å². The lowest BCUT2D eigenvalue weighted by molar-refractivity contribution is -0.142. The average Bonchev–Trinajstić information content (AvgIpc) is 3.29. The van der Waals surface area contributed by atoms with E-state index in [9.17, 15) is 18.0 Å². The lowest BCUT2D eigenvalue weighted by Gasteiger charge is -2.33. The first-order valence-corrected chi connectivity index (χ1v) is 8.67. The lowest BCUT2D eigenvalue weighted by atomic mass is 10.0. The van der Waals surface area contributed by atoms with E-state index in [-0.39, 0.29) is 34.6 Å². The van der Waals surface area contributed by atoms with Crippen LogP contribution in [0.2, 0.25) is 0 Å². The molecule has 27 heavy (non-hydrogen) atoms. The highest BCUT2D eigenvalue weighted by molar-refractivity contribution is 6.00. The molecule has 1 saturated heterocycles. The Bertz CT molecular complexity index is 979. The number of amides is 1.